The first kappa shape index (κ1) is 13.6. The van der Waals surface area contributed by atoms with Gasteiger partial charge < -0.3 is 9.47 Å². The fourth-order valence-corrected chi connectivity index (χ4v) is 6.48. The molecular formula is C12H14ClO4P. The summed E-state index contributed by atoms with van der Waals surface area (Å²) in [6, 6.07) is 0. The van der Waals surface area contributed by atoms with Gasteiger partial charge in [-0.05, 0) is 13.8 Å². The molecule has 2 rings (SSSR count). The van der Waals surface area contributed by atoms with E-state index in [0.29, 0.717) is 11.1 Å². The lowest BCUT2D eigenvalue weighted by Crippen LogP contribution is -2.24. The Morgan fingerprint density at radius 2 is 1.33 bits per heavy atom. The molecule has 0 aromatic heterocycles. The SMILES string of the molecule is COC(=O)C1=C(C(=O)OC)[C@H]2C(C)=C(C)[C@H]1P2Cl. The van der Waals surface area contributed by atoms with Gasteiger partial charge in [0.15, 0.2) is 0 Å². The first-order valence-corrected chi connectivity index (χ1v) is 7.86. The number of allylic oxidation sites excluding steroid dienone is 2. The van der Waals surface area contributed by atoms with E-state index in [9.17, 15) is 9.59 Å². The number of methoxy groups -OCH3 is 2. The van der Waals surface area contributed by atoms with Crippen LogP contribution >= 0.6 is 18.5 Å². The number of carbonyl (C=O) groups is 2. The number of rotatable bonds is 2. The van der Waals surface area contributed by atoms with Gasteiger partial charge >= 0.3 is 11.9 Å². The van der Waals surface area contributed by atoms with Crippen molar-refractivity contribution in [3.05, 3.63) is 22.3 Å². The molecule has 0 saturated heterocycles. The average molecular weight is 289 g/mol. The Morgan fingerprint density at radius 1 is 1.00 bits per heavy atom. The molecule has 2 aliphatic heterocycles. The summed E-state index contributed by atoms with van der Waals surface area (Å²) in [6.45, 7) is 3.91. The van der Waals surface area contributed by atoms with Crippen molar-refractivity contribution < 1.29 is 19.1 Å². The van der Waals surface area contributed by atoms with Crippen LogP contribution in [-0.2, 0) is 19.1 Å². The van der Waals surface area contributed by atoms with Gasteiger partial charge in [0.05, 0.1) is 25.4 Å². The Bertz CT molecular complexity index is 452. The molecule has 2 bridgehead atoms. The number of fused-ring (bicyclic) bond motifs is 2. The minimum atomic E-state index is -0.988. The highest BCUT2D eigenvalue weighted by atomic mass is 35.7. The van der Waals surface area contributed by atoms with Crippen LogP contribution < -0.4 is 0 Å². The molecule has 0 aromatic rings. The molecule has 0 unspecified atom stereocenters. The highest BCUT2D eigenvalue weighted by Gasteiger charge is 2.54. The van der Waals surface area contributed by atoms with E-state index in [4.69, 9.17) is 20.7 Å². The predicted molar refractivity (Wildman–Crippen MR) is 69.8 cm³/mol. The largest absolute Gasteiger partial charge is 0.466 e. The van der Waals surface area contributed by atoms with Gasteiger partial charge in [-0.1, -0.05) is 22.4 Å². The summed E-state index contributed by atoms with van der Waals surface area (Å²) in [4.78, 5) is 23.7. The molecule has 0 N–H and O–H groups in total. The lowest BCUT2D eigenvalue weighted by atomic mass is 9.87. The van der Waals surface area contributed by atoms with Gasteiger partial charge in [0.2, 0.25) is 0 Å². The van der Waals surface area contributed by atoms with Crippen LogP contribution in [0.4, 0.5) is 0 Å². The number of carbonyl (C=O) groups excluding carboxylic acids is 2. The zero-order chi connectivity index (χ0) is 13.6. The first-order chi connectivity index (χ1) is 8.45. The number of hydrogen-bond donors (Lipinski definition) is 0. The van der Waals surface area contributed by atoms with Gasteiger partial charge in [0.25, 0.3) is 0 Å². The highest BCUT2D eigenvalue weighted by molar-refractivity contribution is 7.86. The standard InChI is InChI=1S/C12H14ClO4P/c1-5-6(2)10-8(12(15)17-4)7(11(14)16-3)9(5)18(10)13/h9-10H,1-4H3/t9-,10-/m1/s1. The van der Waals surface area contributed by atoms with E-state index in [0.717, 1.165) is 11.1 Å². The zero-order valence-electron chi connectivity index (χ0n) is 10.6. The Hall–Kier alpha value is -0.860. The molecule has 0 spiro atoms. The molecule has 0 saturated carbocycles. The van der Waals surface area contributed by atoms with Gasteiger partial charge in [-0.25, -0.2) is 9.59 Å². The third-order valence-electron chi connectivity index (χ3n) is 3.58. The van der Waals surface area contributed by atoms with E-state index in [1.165, 1.54) is 14.2 Å². The van der Waals surface area contributed by atoms with Crippen molar-refractivity contribution in [1.29, 1.82) is 0 Å². The van der Waals surface area contributed by atoms with Crippen LogP contribution in [0.3, 0.4) is 0 Å². The molecular weight excluding hydrogens is 275 g/mol. The maximum absolute atomic E-state index is 11.9. The van der Waals surface area contributed by atoms with Crippen LogP contribution in [0.5, 0.6) is 0 Å². The maximum atomic E-state index is 11.9. The first-order valence-electron chi connectivity index (χ1n) is 5.47. The van der Waals surface area contributed by atoms with Crippen molar-refractivity contribution in [2.75, 3.05) is 14.2 Å². The van der Waals surface area contributed by atoms with E-state index in [1.807, 2.05) is 13.8 Å². The van der Waals surface area contributed by atoms with Crippen molar-refractivity contribution in [1.82, 2.24) is 0 Å². The number of hydrogen-bond acceptors (Lipinski definition) is 4. The zero-order valence-corrected chi connectivity index (χ0v) is 12.3. The van der Waals surface area contributed by atoms with Crippen molar-refractivity contribution in [3.8, 4) is 0 Å². The van der Waals surface area contributed by atoms with Crippen LogP contribution in [0.2, 0.25) is 0 Å². The molecule has 0 radical (unpaired) electrons. The summed E-state index contributed by atoms with van der Waals surface area (Å²) in [6.07, 6.45) is 0. The summed E-state index contributed by atoms with van der Waals surface area (Å²) < 4.78 is 9.54. The van der Waals surface area contributed by atoms with Crippen LogP contribution in [0, 0.1) is 0 Å². The smallest absolute Gasteiger partial charge is 0.335 e. The van der Waals surface area contributed by atoms with Gasteiger partial charge in [0.1, 0.15) is 0 Å². The molecule has 4 nitrogen and oxygen atoms in total. The fraction of sp³-hybridized carbons (Fsp3) is 0.500. The van der Waals surface area contributed by atoms with Crippen LogP contribution in [0.15, 0.2) is 22.3 Å². The molecule has 2 heterocycles. The van der Waals surface area contributed by atoms with E-state index >= 15 is 0 Å². The molecule has 2 atom stereocenters. The molecule has 98 valence electrons. The Labute approximate surface area is 112 Å². The highest BCUT2D eigenvalue weighted by Crippen LogP contribution is 2.70. The van der Waals surface area contributed by atoms with Crippen LogP contribution in [0.1, 0.15) is 13.8 Å². The van der Waals surface area contributed by atoms with Gasteiger partial charge in [-0.2, -0.15) is 0 Å². The van der Waals surface area contributed by atoms with Crippen LogP contribution in [0.25, 0.3) is 0 Å². The lowest BCUT2D eigenvalue weighted by molar-refractivity contribution is -0.139. The van der Waals surface area contributed by atoms with Crippen molar-refractivity contribution >= 4 is 30.5 Å². The second-order valence-corrected chi connectivity index (χ2v) is 7.22. The molecule has 0 amide bonds. The van der Waals surface area contributed by atoms with Gasteiger partial charge in [-0.15, -0.1) is 0 Å². The topological polar surface area (TPSA) is 52.6 Å². The van der Waals surface area contributed by atoms with E-state index in [1.54, 1.807) is 0 Å². The summed E-state index contributed by atoms with van der Waals surface area (Å²) >= 11 is 6.42. The second-order valence-electron chi connectivity index (χ2n) is 4.33. The molecule has 2 aliphatic rings. The molecule has 18 heavy (non-hydrogen) atoms. The van der Waals surface area contributed by atoms with E-state index in [-0.39, 0.29) is 11.3 Å². The Kier molecular flexibility index (Phi) is 3.52. The second kappa shape index (κ2) is 4.67. The summed E-state index contributed by atoms with van der Waals surface area (Å²) in [5.74, 6) is -0.967. The third-order valence-corrected chi connectivity index (χ3v) is 7.03. The van der Waals surface area contributed by atoms with Crippen molar-refractivity contribution in [3.63, 3.8) is 0 Å². The predicted octanol–water partition coefficient (Wildman–Crippen LogP) is 2.37. The number of halogens is 1. The minimum absolute atomic E-state index is 0.173. The van der Waals surface area contributed by atoms with Crippen molar-refractivity contribution in [2.24, 2.45) is 0 Å². The maximum Gasteiger partial charge on any atom is 0.335 e. The van der Waals surface area contributed by atoms with Crippen LogP contribution in [-0.4, -0.2) is 37.5 Å². The fourth-order valence-electron chi connectivity index (χ4n) is 2.59. The molecule has 0 fully saturated rings. The number of esters is 2. The average Bonchev–Trinajstić information content (AvgIpc) is 2.77. The summed E-state index contributed by atoms with van der Waals surface area (Å²) in [5.41, 5.74) is 2.59. The molecule has 0 aliphatic carbocycles. The molecule has 6 heteroatoms. The number of ether oxygens (including phenoxy) is 2. The van der Waals surface area contributed by atoms with Gasteiger partial charge in [0, 0.05) is 18.6 Å². The summed E-state index contributed by atoms with van der Waals surface area (Å²) in [5, 5.41) is 0. The summed E-state index contributed by atoms with van der Waals surface area (Å²) in [7, 11) is 1.62. The van der Waals surface area contributed by atoms with Crippen molar-refractivity contribution in [2.45, 2.75) is 25.2 Å². The normalized spacial score (nSPS) is 29.9. The molecule has 0 aromatic carbocycles. The van der Waals surface area contributed by atoms with E-state index in [2.05, 4.69) is 0 Å². The Morgan fingerprint density at radius 3 is 1.61 bits per heavy atom. The minimum Gasteiger partial charge on any atom is -0.466 e. The Balaban J connectivity index is 2.56. The monoisotopic (exact) mass is 288 g/mol. The lowest BCUT2D eigenvalue weighted by Gasteiger charge is -2.18. The van der Waals surface area contributed by atoms with Gasteiger partial charge in [-0.3, -0.25) is 0 Å². The third kappa shape index (κ3) is 1.63. The quantitative estimate of drug-likeness (QED) is 0.445. The van der Waals surface area contributed by atoms with E-state index < -0.39 is 19.2 Å².